The highest BCUT2D eigenvalue weighted by Gasteiger charge is 2.20. The molecule has 0 amide bonds. The molecule has 14 heavy (non-hydrogen) atoms. The van der Waals surface area contributed by atoms with E-state index in [1.165, 1.54) is 17.6 Å². The van der Waals surface area contributed by atoms with Gasteiger partial charge in [0.1, 0.15) is 0 Å². The molecule has 0 aliphatic carbocycles. The van der Waals surface area contributed by atoms with Crippen molar-refractivity contribution in [2.24, 2.45) is 0 Å². The number of carboxylic acid groups (broad SMARTS) is 1. The number of hydrogen-bond acceptors (Lipinski definition) is 4. The lowest BCUT2D eigenvalue weighted by Gasteiger charge is -2.14. The monoisotopic (exact) mass is 212 g/mol. The Morgan fingerprint density at radius 3 is 2.64 bits per heavy atom. The summed E-state index contributed by atoms with van der Waals surface area (Å²) >= 11 is 1.21. The van der Waals surface area contributed by atoms with Gasteiger partial charge in [-0.25, -0.2) is 4.79 Å². The Morgan fingerprint density at radius 1 is 1.50 bits per heavy atom. The summed E-state index contributed by atoms with van der Waals surface area (Å²) in [5.74, 6) is -0.960. The van der Waals surface area contributed by atoms with E-state index in [2.05, 4.69) is 9.59 Å². The maximum absolute atomic E-state index is 10.3. The van der Waals surface area contributed by atoms with Gasteiger partial charge in [-0.3, -0.25) is 0 Å². The van der Waals surface area contributed by atoms with Crippen molar-refractivity contribution < 1.29 is 9.90 Å². The lowest BCUT2D eigenvalue weighted by Crippen LogP contribution is -2.13. The number of aromatic nitrogens is 2. The zero-order valence-corrected chi connectivity index (χ0v) is 9.13. The van der Waals surface area contributed by atoms with Crippen LogP contribution in [-0.4, -0.2) is 20.7 Å². The summed E-state index contributed by atoms with van der Waals surface area (Å²) in [6, 6.07) is 0. The molecule has 1 heterocycles. The molecule has 0 fully saturated rings. The molecule has 1 N–H and O–H groups in total. The Bertz CT molecular complexity index is 363. The number of aliphatic carboxylic acids is 1. The minimum absolute atomic E-state index is 0.106. The van der Waals surface area contributed by atoms with Gasteiger partial charge in [0.2, 0.25) is 0 Å². The molecule has 0 spiro atoms. The SMILES string of the molecule is CC(C)(C)c1nnsc1/C=C/C(=O)O. The van der Waals surface area contributed by atoms with E-state index < -0.39 is 5.97 Å². The van der Waals surface area contributed by atoms with Gasteiger partial charge in [-0.1, -0.05) is 25.3 Å². The van der Waals surface area contributed by atoms with Crippen LogP contribution in [-0.2, 0) is 10.2 Å². The first-order chi connectivity index (χ1) is 6.41. The number of carboxylic acids is 1. The van der Waals surface area contributed by atoms with E-state index >= 15 is 0 Å². The van der Waals surface area contributed by atoms with E-state index in [9.17, 15) is 4.79 Å². The van der Waals surface area contributed by atoms with Gasteiger partial charge in [-0.05, 0) is 17.6 Å². The van der Waals surface area contributed by atoms with E-state index in [0.717, 1.165) is 16.6 Å². The number of hydrogen-bond donors (Lipinski definition) is 1. The van der Waals surface area contributed by atoms with Gasteiger partial charge >= 0.3 is 5.97 Å². The molecule has 0 aliphatic rings. The fraction of sp³-hybridized carbons (Fsp3) is 0.444. The van der Waals surface area contributed by atoms with Crippen LogP contribution in [0.4, 0.5) is 0 Å². The molecule has 0 aliphatic heterocycles. The molecule has 0 unspecified atom stereocenters. The smallest absolute Gasteiger partial charge is 0.328 e. The molecular formula is C9H12N2O2S. The first-order valence-corrected chi connectivity index (χ1v) is 4.92. The molecule has 0 saturated carbocycles. The van der Waals surface area contributed by atoms with Crippen molar-refractivity contribution in [3.63, 3.8) is 0 Å². The fourth-order valence-corrected chi connectivity index (χ4v) is 1.75. The van der Waals surface area contributed by atoms with E-state index in [4.69, 9.17) is 5.11 Å². The first-order valence-electron chi connectivity index (χ1n) is 4.15. The maximum Gasteiger partial charge on any atom is 0.328 e. The summed E-state index contributed by atoms with van der Waals surface area (Å²) in [4.78, 5) is 11.1. The molecule has 0 aromatic carbocycles. The van der Waals surface area contributed by atoms with E-state index in [0.29, 0.717) is 0 Å². The predicted octanol–water partition coefficient (Wildman–Crippen LogP) is 1.93. The van der Waals surface area contributed by atoms with E-state index in [1.54, 1.807) is 0 Å². The second kappa shape index (κ2) is 3.88. The van der Waals surface area contributed by atoms with Crippen LogP contribution in [0.25, 0.3) is 6.08 Å². The summed E-state index contributed by atoms with van der Waals surface area (Å²) in [6.45, 7) is 6.05. The zero-order valence-electron chi connectivity index (χ0n) is 8.31. The van der Waals surface area contributed by atoms with Crippen LogP contribution in [0.5, 0.6) is 0 Å². The van der Waals surface area contributed by atoms with Crippen LogP contribution >= 0.6 is 11.5 Å². The van der Waals surface area contributed by atoms with Crippen LogP contribution in [0.1, 0.15) is 31.3 Å². The normalized spacial score (nSPS) is 12.2. The molecule has 4 nitrogen and oxygen atoms in total. The summed E-state index contributed by atoms with van der Waals surface area (Å²) < 4.78 is 3.81. The van der Waals surface area contributed by atoms with Gasteiger partial charge in [0.25, 0.3) is 0 Å². The third-order valence-electron chi connectivity index (χ3n) is 1.60. The Balaban J connectivity index is 3.00. The van der Waals surface area contributed by atoms with Gasteiger partial charge in [0.05, 0.1) is 10.6 Å². The van der Waals surface area contributed by atoms with Crippen molar-refractivity contribution in [3.05, 3.63) is 16.6 Å². The quantitative estimate of drug-likeness (QED) is 0.761. The largest absolute Gasteiger partial charge is 0.478 e. The fourth-order valence-electron chi connectivity index (χ4n) is 0.974. The molecule has 1 aromatic heterocycles. The Labute approximate surface area is 86.4 Å². The summed E-state index contributed by atoms with van der Waals surface area (Å²) in [7, 11) is 0. The average Bonchev–Trinajstić information content (AvgIpc) is 2.46. The Kier molecular flexibility index (Phi) is 3.00. The molecule has 1 aromatic rings. The van der Waals surface area contributed by atoms with Crippen molar-refractivity contribution in [2.75, 3.05) is 0 Å². The zero-order chi connectivity index (χ0) is 10.8. The van der Waals surface area contributed by atoms with Gasteiger partial charge in [0, 0.05) is 11.5 Å². The molecule has 1 rings (SSSR count). The third kappa shape index (κ3) is 2.63. The molecule has 0 saturated heterocycles. The first kappa shape index (κ1) is 10.8. The lowest BCUT2D eigenvalue weighted by atomic mass is 9.91. The second-order valence-corrected chi connectivity index (χ2v) is 4.69. The lowest BCUT2D eigenvalue weighted by molar-refractivity contribution is -0.131. The highest BCUT2D eigenvalue weighted by Crippen LogP contribution is 2.26. The van der Waals surface area contributed by atoms with Crippen LogP contribution < -0.4 is 0 Å². The minimum atomic E-state index is -0.960. The van der Waals surface area contributed by atoms with Crippen molar-refractivity contribution in [3.8, 4) is 0 Å². The van der Waals surface area contributed by atoms with Gasteiger partial charge in [-0.2, -0.15) is 0 Å². The molecule has 0 atom stereocenters. The standard InChI is InChI=1S/C9H12N2O2S/c1-9(2,3)8-6(14-11-10-8)4-5-7(12)13/h4-5H,1-3H3,(H,12,13)/b5-4+. The summed E-state index contributed by atoms with van der Waals surface area (Å²) in [5.41, 5.74) is 0.727. The van der Waals surface area contributed by atoms with E-state index in [1.807, 2.05) is 20.8 Å². The highest BCUT2D eigenvalue weighted by atomic mass is 32.1. The highest BCUT2D eigenvalue weighted by molar-refractivity contribution is 7.06. The van der Waals surface area contributed by atoms with Crippen LogP contribution in [0.3, 0.4) is 0 Å². The van der Waals surface area contributed by atoms with Crippen molar-refractivity contribution >= 4 is 23.6 Å². The second-order valence-electron chi connectivity index (χ2n) is 3.91. The summed E-state index contributed by atoms with van der Waals surface area (Å²) in [6.07, 6.45) is 2.64. The molecule has 0 radical (unpaired) electrons. The number of carbonyl (C=O) groups is 1. The predicted molar refractivity (Wildman–Crippen MR) is 55.3 cm³/mol. The maximum atomic E-state index is 10.3. The Hall–Kier alpha value is -1.23. The van der Waals surface area contributed by atoms with Gasteiger partial charge < -0.3 is 5.11 Å². The number of rotatable bonds is 2. The Morgan fingerprint density at radius 2 is 2.14 bits per heavy atom. The van der Waals surface area contributed by atoms with Crippen LogP contribution in [0.15, 0.2) is 6.08 Å². The van der Waals surface area contributed by atoms with E-state index in [-0.39, 0.29) is 5.41 Å². The molecule has 0 bridgehead atoms. The third-order valence-corrected chi connectivity index (χ3v) is 2.29. The molecule has 76 valence electrons. The topological polar surface area (TPSA) is 63.1 Å². The molecule has 5 heteroatoms. The van der Waals surface area contributed by atoms with Gasteiger partial charge in [-0.15, -0.1) is 5.10 Å². The summed E-state index contributed by atoms with van der Waals surface area (Å²) in [5, 5.41) is 12.5. The van der Waals surface area contributed by atoms with Crippen LogP contribution in [0, 0.1) is 0 Å². The molecular weight excluding hydrogens is 200 g/mol. The van der Waals surface area contributed by atoms with Crippen LogP contribution in [0.2, 0.25) is 0 Å². The average molecular weight is 212 g/mol. The number of nitrogens with zero attached hydrogens (tertiary/aromatic N) is 2. The van der Waals surface area contributed by atoms with Crippen molar-refractivity contribution in [2.45, 2.75) is 26.2 Å². The minimum Gasteiger partial charge on any atom is -0.478 e. The van der Waals surface area contributed by atoms with Crippen molar-refractivity contribution in [1.82, 2.24) is 9.59 Å². The van der Waals surface area contributed by atoms with Crippen molar-refractivity contribution in [1.29, 1.82) is 0 Å². The van der Waals surface area contributed by atoms with Gasteiger partial charge in [0.15, 0.2) is 0 Å².